The standard InChI is InChI=1S/C22H27N5O5S/c28-21(26-13-14-33-16-26)18(25-22(29)32-15-17-7-2-1-3-8-17)9-4-5-11-23-20-19(27(30)31)10-6-12-24-20/h1-3,6-8,10,12,18H,4-5,9,11,13-16H2,(H,23,24)(H,25,29). The smallest absolute Gasteiger partial charge is 0.408 e. The highest BCUT2D eigenvalue weighted by molar-refractivity contribution is 7.99. The summed E-state index contributed by atoms with van der Waals surface area (Å²) in [6.45, 7) is 1.24. The monoisotopic (exact) mass is 473 g/mol. The average molecular weight is 474 g/mol. The van der Waals surface area contributed by atoms with Crippen LogP contribution in [0.2, 0.25) is 0 Å². The molecule has 0 spiro atoms. The number of pyridine rings is 1. The number of nitrogens with one attached hydrogen (secondary N) is 2. The molecular formula is C22H27N5O5S. The van der Waals surface area contributed by atoms with Crippen molar-refractivity contribution in [3.63, 3.8) is 0 Å². The molecule has 1 atom stereocenters. The maximum Gasteiger partial charge on any atom is 0.408 e. The Bertz CT molecular complexity index is 940. The molecule has 1 aromatic heterocycles. The second-order valence-corrected chi connectivity index (χ2v) is 8.52. The molecule has 1 aliphatic heterocycles. The van der Waals surface area contributed by atoms with Gasteiger partial charge >= 0.3 is 11.8 Å². The number of ether oxygens (including phenoxy) is 1. The molecule has 176 valence electrons. The SMILES string of the molecule is O=C(NC(CCCCNc1ncccc1[N+](=O)[O-])C(=O)N1CCSC1)OCc1ccccc1. The minimum Gasteiger partial charge on any atom is -0.445 e. The van der Waals surface area contributed by atoms with Crippen LogP contribution in [0.5, 0.6) is 0 Å². The van der Waals surface area contributed by atoms with Crippen molar-refractivity contribution in [3.05, 3.63) is 64.3 Å². The van der Waals surface area contributed by atoms with Crippen molar-refractivity contribution < 1.29 is 19.2 Å². The second-order valence-electron chi connectivity index (χ2n) is 7.45. The van der Waals surface area contributed by atoms with Crippen molar-refractivity contribution in [1.29, 1.82) is 0 Å². The third kappa shape index (κ3) is 7.63. The fourth-order valence-electron chi connectivity index (χ4n) is 3.33. The number of amides is 2. The van der Waals surface area contributed by atoms with Crippen molar-refractivity contribution in [1.82, 2.24) is 15.2 Å². The molecule has 33 heavy (non-hydrogen) atoms. The highest BCUT2D eigenvalue weighted by atomic mass is 32.2. The molecule has 0 aliphatic carbocycles. The third-order valence-electron chi connectivity index (χ3n) is 5.06. The first-order valence-electron chi connectivity index (χ1n) is 10.7. The lowest BCUT2D eigenvalue weighted by atomic mass is 10.1. The number of carbonyl (C=O) groups is 2. The van der Waals surface area contributed by atoms with E-state index in [2.05, 4.69) is 15.6 Å². The summed E-state index contributed by atoms with van der Waals surface area (Å²) in [5.74, 6) is 1.59. The van der Waals surface area contributed by atoms with E-state index < -0.39 is 17.1 Å². The minimum absolute atomic E-state index is 0.0834. The van der Waals surface area contributed by atoms with E-state index in [1.807, 2.05) is 30.3 Å². The van der Waals surface area contributed by atoms with E-state index in [0.29, 0.717) is 38.2 Å². The molecule has 1 saturated heterocycles. The lowest BCUT2D eigenvalue weighted by Crippen LogP contribution is -2.47. The van der Waals surface area contributed by atoms with Crippen molar-refractivity contribution in [2.45, 2.75) is 31.9 Å². The van der Waals surface area contributed by atoms with Crippen LogP contribution in [0.4, 0.5) is 16.3 Å². The van der Waals surface area contributed by atoms with Crippen LogP contribution in [-0.2, 0) is 16.1 Å². The summed E-state index contributed by atoms with van der Waals surface area (Å²) < 4.78 is 5.28. The summed E-state index contributed by atoms with van der Waals surface area (Å²) in [7, 11) is 0. The molecule has 3 rings (SSSR count). The van der Waals surface area contributed by atoms with Crippen molar-refractivity contribution >= 4 is 35.3 Å². The summed E-state index contributed by atoms with van der Waals surface area (Å²) in [6.07, 6.45) is 2.57. The summed E-state index contributed by atoms with van der Waals surface area (Å²) in [5, 5.41) is 16.8. The van der Waals surface area contributed by atoms with E-state index in [1.165, 1.54) is 18.3 Å². The second kappa shape index (κ2) is 12.6. The normalized spacial score (nSPS) is 13.9. The zero-order chi connectivity index (χ0) is 23.5. The van der Waals surface area contributed by atoms with Gasteiger partial charge in [-0.05, 0) is 30.9 Å². The first kappa shape index (κ1) is 24.3. The molecule has 0 radical (unpaired) electrons. The van der Waals surface area contributed by atoms with E-state index in [4.69, 9.17) is 4.74 Å². The van der Waals surface area contributed by atoms with E-state index in [0.717, 1.165) is 11.3 Å². The summed E-state index contributed by atoms with van der Waals surface area (Å²) >= 11 is 1.68. The molecule has 0 saturated carbocycles. The first-order valence-corrected chi connectivity index (χ1v) is 11.9. The number of unbranched alkanes of at least 4 members (excludes halogenated alkanes) is 1. The van der Waals surface area contributed by atoms with Crippen LogP contribution in [0.3, 0.4) is 0 Å². The number of hydrogen-bond acceptors (Lipinski definition) is 8. The molecule has 1 unspecified atom stereocenters. The van der Waals surface area contributed by atoms with Gasteiger partial charge in [0.25, 0.3) is 0 Å². The molecule has 1 aromatic carbocycles. The fourth-order valence-corrected chi connectivity index (χ4v) is 4.29. The van der Waals surface area contributed by atoms with Crippen molar-refractivity contribution in [2.75, 3.05) is 30.0 Å². The Kier molecular flexibility index (Phi) is 9.31. The molecule has 1 aliphatic rings. The van der Waals surface area contributed by atoms with Crippen LogP contribution < -0.4 is 10.6 Å². The Hall–Kier alpha value is -3.34. The topological polar surface area (TPSA) is 127 Å². The minimum atomic E-state index is -0.684. The van der Waals surface area contributed by atoms with Gasteiger partial charge < -0.3 is 20.3 Å². The summed E-state index contributed by atoms with van der Waals surface area (Å²) in [5.41, 5.74) is 0.779. The number of aromatic nitrogens is 1. The lowest BCUT2D eigenvalue weighted by molar-refractivity contribution is -0.384. The van der Waals surface area contributed by atoms with Crippen LogP contribution in [0, 0.1) is 10.1 Å². The van der Waals surface area contributed by atoms with Gasteiger partial charge in [0.05, 0.1) is 10.8 Å². The van der Waals surface area contributed by atoms with Crippen molar-refractivity contribution in [2.24, 2.45) is 0 Å². The van der Waals surface area contributed by atoms with Gasteiger partial charge in [0.2, 0.25) is 11.7 Å². The number of benzene rings is 1. The van der Waals surface area contributed by atoms with E-state index in [9.17, 15) is 19.7 Å². The average Bonchev–Trinajstić information content (AvgIpc) is 3.37. The number of carbonyl (C=O) groups excluding carboxylic acids is 2. The number of rotatable bonds is 11. The van der Waals surface area contributed by atoms with Crippen molar-refractivity contribution in [3.8, 4) is 0 Å². The highest BCUT2D eigenvalue weighted by Gasteiger charge is 2.28. The van der Waals surface area contributed by atoms with Gasteiger partial charge in [0, 0.05) is 31.1 Å². The molecule has 2 aromatic rings. The molecule has 2 N–H and O–H groups in total. The van der Waals surface area contributed by atoms with Crippen LogP contribution >= 0.6 is 11.8 Å². The number of nitrogens with zero attached hydrogens (tertiary/aromatic N) is 3. The van der Waals surface area contributed by atoms with Crippen LogP contribution in [0.25, 0.3) is 0 Å². The predicted octanol–water partition coefficient (Wildman–Crippen LogP) is 3.40. The molecule has 11 heteroatoms. The Balaban J connectivity index is 1.48. The first-order chi connectivity index (χ1) is 16.0. The summed E-state index contributed by atoms with van der Waals surface area (Å²) in [6, 6.07) is 11.5. The highest BCUT2D eigenvalue weighted by Crippen LogP contribution is 2.20. The third-order valence-corrected chi connectivity index (χ3v) is 6.03. The van der Waals surface area contributed by atoms with Crippen LogP contribution in [0.15, 0.2) is 48.7 Å². The van der Waals surface area contributed by atoms with Gasteiger partial charge in [-0.25, -0.2) is 9.78 Å². The van der Waals surface area contributed by atoms with Gasteiger partial charge in [-0.3, -0.25) is 14.9 Å². The number of alkyl carbamates (subject to hydrolysis) is 1. The number of thioether (sulfide) groups is 1. The molecular weight excluding hydrogens is 446 g/mol. The maximum absolute atomic E-state index is 12.9. The number of hydrogen-bond donors (Lipinski definition) is 2. The van der Waals surface area contributed by atoms with E-state index in [-0.39, 0.29) is 24.0 Å². The Morgan fingerprint density at radius 1 is 1.21 bits per heavy atom. The number of nitro groups is 1. The Labute approximate surface area is 196 Å². The lowest BCUT2D eigenvalue weighted by Gasteiger charge is -2.23. The van der Waals surface area contributed by atoms with Crippen LogP contribution in [0.1, 0.15) is 24.8 Å². The van der Waals surface area contributed by atoms with Gasteiger partial charge in [0.15, 0.2) is 0 Å². The van der Waals surface area contributed by atoms with Gasteiger partial charge in [0.1, 0.15) is 12.6 Å². The Morgan fingerprint density at radius 3 is 2.76 bits per heavy atom. The quantitative estimate of drug-likeness (QED) is 0.289. The van der Waals surface area contributed by atoms with Gasteiger partial charge in [-0.15, -0.1) is 11.8 Å². The maximum atomic E-state index is 12.9. The van der Waals surface area contributed by atoms with Crippen LogP contribution in [-0.4, -0.2) is 57.6 Å². The largest absolute Gasteiger partial charge is 0.445 e. The molecule has 0 bridgehead atoms. The zero-order valence-corrected chi connectivity index (χ0v) is 19.0. The molecule has 1 fully saturated rings. The van der Waals surface area contributed by atoms with Gasteiger partial charge in [-0.1, -0.05) is 30.3 Å². The van der Waals surface area contributed by atoms with Gasteiger partial charge in [-0.2, -0.15) is 0 Å². The van der Waals surface area contributed by atoms with E-state index >= 15 is 0 Å². The molecule has 2 amide bonds. The summed E-state index contributed by atoms with van der Waals surface area (Å²) in [4.78, 5) is 41.6. The predicted molar refractivity (Wildman–Crippen MR) is 126 cm³/mol. The zero-order valence-electron chi connectivity index (χ0n) is 18.1. The number of anilines is 1. The Morgan fingerprint density at radius 2 is 2.03 bits per heavy atom. The molecule has 10 nitrogen and oxygen atoms in total. The van der Waals surface area contributed by atoms with E-state index in [1.54, 1.807) is 16.7 Å². The molecule has 2 heterocycles. The fraction of sp³-hybridized carbons (Fsp3) is 0.409.